The van der Waals surface area contributed by atoms with Gasteiger partial charge in [-0.2, -0.15) is 0 Å². The molecule has 1 aromatic rings. The van der Waals surface area contributed by atoms with Crippen LogP contribution in [0, 0.1) is 18.2 Å². The first-order valence-corrected chi connectivity index (χ1v) is 6.77. The molecule has 0 saturated heterocycles. The van der Waals surface area contributed by atoms with Gasteiger partial charge in [-0.05, 0) is 61.3 Å². The molecule has 1 saturated carbocycles. The van der Waals surface area contributed by atoms with Gasteiger partial charge in [-0.3, -0.25) is 0 Å². The van der Waals surface area contributed by atoms with Crippen LogP contribution >= 0.6 is 0 Å². The van der Waals surface area contributed by atoms with Gasteiger partial charge in [0, 0.05) is 6.42 Å². The summed E-state index contributed by atoms with van der Waals surface area (Å²) in [5, 5.41) is 10.7. The van der Waals surface area contributed by atoms with E-state index in [-0.39, 0.29) is 5.82 Å². The maximum absolute atomic E-state index is 13.1. The number of halogens is 1. The Hall–Kier alpha value is -0.890. The molecular formula is C16H23FO. The smallest absolute Gasteiger partial charge is 0.123 e. The van der Waals surface area contributed by atoms with Crippen LogP contribution in [0.25, 0.3) is 0 Å². The second-order valence-electron chi connectivity index (χ2n) is 6.64. The van der Waals surface area contributed by atoms with Gasteiger partial charge >= 0.3 is 0 Å². The average molecular weight is 250 g/mol. The zero-order valence-electron chi connectivity index (χ0n) is 11.6. The van der Waals surface area contributed by atoms with Gasteiger partial charge in [0.05, 0.1) is 5.60 Å². The van der Waals surface area contributed by atoms with Crippen LogP contribution < -0.4 is 0 Å². The van der Waals surface area contributed by atoms with Gasteiger partial charge in [0.2, 0.25) is 0 Å². The molecule has 0 aliphatic heterocycles. The lowest BCUT2D eigenvalue weighted by Crippen LogP contribution is -2.38. The summed E-state index contributed by atoms with van der Waals surface area (Å²) in [7, 11) is 0. The SMILES string of the molecule is Cc1cc(F)ccc1CC1(O)CCC(C)(C)CC1. The summed E-state index contributed by atoms with van der Waals surface area (Å²) < 4.78 is 13.1. The zero-order chi connectivity index (χ0) is 13.4. The molecule has 2 heteroatoms. The number of benzene rings is 1. The Labute approximate surface area is 109 Å². The van der Waals surface area contributed by atoms with Crippen molar-refractivity contribution < 1.29 is 9.50 Å². The van der Waals surface area contributed by atoms with Gasteiger partial charge in [-0.1, -0.05) is 19.9 Å². The molecule has 1 fully saturated rings. The van der Waals surface area contributed by atoms with Crippen molar-refractivity contribution in [3.8, 4) is 0 Å². The molecule has 0 aromatic heterocycles. The molecule has 100 valence electrons. The Morgan fingerprint density at radius 2 is 1.78 bits per heavy atom. The Balaban J connectivity index is 2.09. The zero-order valence-corrected chi connectivity index (χ0v) is 11.6. The van der Waals surface area contributed by atoms with Crippen molar-refractivity contribution in [3.05, 3.63) is 35.1 Å². The predicted octanol–water partition coefficient (Wildman–Crippen LogP) is 4.01. The lowest BCUT2D eigenvalue weighted by atomic mass is 9.69. The fourth-order valence-electron chi connectivity index (χ4n) is 2.78. The summed E-state index contributed by atoms with van der Waals surface area (Å²) in [5.41, 5.74) is 1.76. The molecule has 1 N–H and O–H groups in total. The van der Waals surface area contributed by atoms with Crippen molar-refractivity contribution in [1.29, 1.82) is 0 Å². The molecule has 0 bridgehead atoms. The molecule has 0 heterocycles. The standard InChI is InChI=1S/C16H23FO/c1-12-10-14(17)5-4-13(12)11-16(18)8-6-15(2,3)7-9-16/h4-5,10,18H,6-9,11H2,1-3H3. The molecule has 0 atom stereocenters. The highest BCUT2D eigenvalue weighted by Crippen LogP contribution is 2.41. The van der Waals surface area contributed by atoms with Crippen LogP contribution in [-0.2, 0) is 6.42 Å². The van der Waals surface area contributed by atoms with Crippen LogP contribution in [0.1, 0.15) is 50.7 Å². The van der Waals surface area contributed by atoms with Gasteiger partial charge in [0.15, 0.2) is 0 Å². The third-order valence-electron chi connectivity index (χ3n) is 4.36. The molecule has 2 rings (SSSR count). The summed E-state index contributed by atoms with van der Waals surface area (Å²) in [6.45, 7) is 6.43. The van der Waals surface area contributed by atoms with Crippen LogP contribution in [0.3, 0.4) is 0 Å². The quantitative estimate of drug-likeness (QED) is 0.841. The molecule has 1 aromatic carbocycles. The fraction of sp³-hybridized carbons (Fsp3) is 0.625. The monoisotopic (exact) mass is 250 g/mol. The maximum atomic E-state index is 13.1. The van der Waals surface area contributed by atoms with Crippen LogP contribution in [0.4, 0.5) is 4.39 Å². The van der Waals surface area contributed by atoms with E-state index in [1.165, 1.54) is 6.07 Å². The Kier molecular flexibility index (Phi) is 3.50. The first kappa shape index (κ1) is 13.5. The number of hydrogen-bond acceptors (Lipinski definition) is 1. The first-order chi connectivity index (χ1) is 8.30. The largest absolute Gasteiger partial charge is 0.390 e. The van der Waals surface area contributed by atoms with Gasteiger partial charge in [0.25, 0.3) is 0 Å². The first-order valence-electron chi connectivity index (χ1n) is 6.77. The molecule has 1 nitrogen and oxygen atoms in total. The minimum Gasteiger partial charge on any atom is -0.390 e. The van der Waals surface area contributed by atoms with Crippen molar-refractivity contribution >= 4 is 0 Å². The molecular weight excluding hydrogens is 227 g/mol. The summed E-state index contributed by atoms with van der Waals surface area (Å²) in [6.07, 6.45) is 4.45. The highest BCUT2D eigenvalue weighted by atomic mass is 19.1. The van der Waals surface area contributed by atoms with E-state index in [0.29, 0.717) is 11.8 Å². The van der Waals surface area contributed by atoms with E-state index in [0.717, 1.165) is 36.8 Å². The highest BCUT2D eigenvalue weighted by molar-refractivity contribution is 5.28. The van der Waals surface area contributed by atoms with Crippen molar-refractivity contribution in [2.45, 2.75) is 58.5 Å². The Bertz CT molecular complexity index is 427. The molecule has 0 spiro atoms. The number of hydrogen-bond donors (Lipinski definition) is 1. The topological polar surface area (TPSA) is 20.2 Å². The fourth-order valence-corrected chi connectivity index (χ4v) is 2.78. The van der Waals surface area contributed by atoms with Crippen LogP contribution in [0.15, 0.2) is 18.2 Å². The van der Waals surface area contributed by atoms with Gasteiger partial charge < -0.3 is 5.11 Å². The summed E-state index contributed by atoms with van der Waals surface area (Å²) >= 11 is 0. The minimum atomic E-state index is -0.599. The summed E-state index contributed by atoms with van der Waals surface area (Å²) in [5.74, 6) is -0.201. The normalized spacial score (nSPS) is 21.8. The maximum Gasteiger partial charge on any atom is 0.123 e. The Morgan fingerprint density at radius 1 is 1.17 bits per heavy atom. The second kappa shape index (κ2) is 4.65. The van der Waals surface area contributed by atoms with E-state index in [4.69, 9.17) is 0 Å². The second-order valence-corrected chi connectivity index (χ2v) is 6.64. The van der Waals surface area contributed by atoms with Crippen LogP contribution in [0.5, 0.6) is 0 Å². The molecule has 18 heavy (non-hydrogen) atoms. The molecule has 1 aliphatic rings. The van der Waals surface area contributed by atoms with Gasteiger partial charge in [-0.25, -0.2) is 4.39 Å². The summed E-state index contributed by atoms with van der Waals surface area (Å²) in [6, 6.07) is 4.84. The number of aliphatic hydroxyl groups is 1. The van der Waals surface area contributed by atoms with E-state index in [9.17, 15) is 9.50 Å². The van der Waals surface area contributed by atoms with Gasteiger partial charge in [0.1, 0.15) is 5.82 Å². The third kappa shape index (κ3) is 3.11. The highest BCUT2D eigenvalue weighted by Gasteiger charge is 2.36. The minimum absolute atomic E-state index is 0.201. The van der Waals surface area contributed by atoms with E-state index in [2.05, 4.69) is 13.8 Å². The predicted molar refractivity (Wildman–Crippen MR) is 72.0 cm³/mol. The summed E-state index contributed by atoms with van der Waals surface area (Å²) in [4.78, 5) is 0. The van der Waals surface area contributed by atoms with Crippen LogP contribution in [0.2, 0.25) is 0 Å². The average Bonchev–Trinajstić information content (AvgIpc) is 2.28. The van der Waals surface area contributed by atoms with E-state index < -0.39 is 5.60 Å². The molecule has 0 amide bonds. The third-order valence-corrected chi connectivity index (χ3v) is 4.36. The van der Waals surface area contributed by atoms with E-state index in [1.54, 1.807) is 6.07 Å². The van der Waals surface area contributed by atoms with E-state index in [1.807, 2.05) is 13.0 Å². The molecule has 0 radical (unpaired) electrons. The van der Waals surface area contributed by atoms with Crippen molar-refractivity contribution in [2.75, 3.05) is 0 Å². The number of aryl methyl sites for hydroxylation is 1. The van der Waals surface area contributed by atoms with E-state index >= 15 is 0 Å². The van der Waals surface area contributed by atoms with Crippen molar-refractivity contribution in [2.24, 2.45) is 5.41 Å². The van der Waals surface area contributed by atoms with Crippen LogP contribution in [-0.4, -0.2) is 10.7 Å². The lowest BCUT2D eigenvalue weighted by Gasteiger charge is -2.40. The van der Waals surface area contributed by atoms with Crippen molar-refractivity contribution in [3.63, 3.8) is 0 Å². The number of rotatable bonds is 2. The van der Waals surface area contributed by atoms with Crippen molar-refractivity contribution in [1.82, 2.24) is 0 Å². The molecule has 0 unspecified atom stereocenters. The Morgan fingerprint density at radius 3 is 2.33 bits per heavy atom. The molecule has 1 aliphatic carbocycles. The lowest BCUT2D eigenvalue weighted by molar-refractivity contribution is -0.0252. The van der Waals surface area contributed by atoms with Gasteiger partial charge in [-0.15, -0.1) is 0 Å².